The lowest BCUT2D eigenvalue weighted by Crippen LogP contribution is -2.54. The Morgan fingerprint density at radius 2 is 2.00 bits per heavy atom. The van der Waals surface area contributed by atoms with Gasteiger partial charge < -0.3 is 9.64 Å². The lowest BCUT2D eigenvalue weighted by atomic mass is 9.72. The summed E-state index contributed by atoms with van der Waals surface area (Å²) in [6.45, 7) is 7.11. The lowest BCUT2D eigenvalue weighted by Gasteiger charge is -2.47. The molecule has 0 spiro atoms. The highest BCUT2D eigenvalue weighted by molar-refractivity contribution is 4.97. The molecule has 1 atom stereocenters. The van der Waals surface area contributed by atoms with E-state index in [0.29, 0.717) is 32.5 Å². The number of halogens is 2. The van der Waals surface area contributed by atoms with Gasteiger partial charge in [0.25, 0.3) is 5.92 Å². The van der Waals surface area contributed by atoms with Crippen molar-refractivity contribution in [3.63, 3.8) is 0 Å². The Kier molecular flexibility index (Phi) is 4.90. The van der Waals surface area contributed by atoms with Gasteiger partial charge in [-0.15, -0.1) is 0 Å². The molecule has 17 heavy (non-hydrogen) atoms. The second-order valence-electron chi connectivity index (χ2n) is 5.50. The molecule has 0 aromatic carbocycles. The number of nitrogens with zero attached hydrogens (tertiary/aromatic N) is 1. The zero-order valence-corrected chi connectivity index (χ0v) is 11.4. The van der Waals surface area contributed by atoms with E-state index in [1.165, 1.54) is 0 Å². The third kappa shape index (κ3) is 3.38. The Labute approximate surface area is 103 Å². The molecule has 0 radical (unpaired) electrons. The Balaban J connectivity index is 2.69. The summed E-state index contributed by atoms with van der Waals surface area (Å²) in [5.74, 6) is -2.56. The van der Waals surface area contributed by atoms with E-state index in [-0.39, 0.29) is 12.5 Å². The first-order chi connectivity index (χ1) is 7.83. The molecule has 1 aliphatic heterocycles. The second kappa shape index (κ2) is 5.61. The molecule has 0 saturated carbocycles. The predicted octanol–water partition coefficient (Wildman–Crippen LogP) is 3.17. The summed E-state index contributed by atoms with van der Waals surface area (Å²) >= 11 is 0. The summed E-state index contributed by atoms with van der Waals surface area (Å²) in [6, 6.07) is 0. The van der Waals surface area contributed by atoms with Gasteiger partial charge in [-0.3, -0.25) is 0 Å². The number of piperidine rings is 1. The fourth-order valence-corrected chi connectivity index (χ4v) is 2.61. The van der Waals surface area contributed by atoms with Gasteiger partial charge in [0.2, 0.25) is 0 Å². The molecule has 1 aliphatic rings. The maximum absolute atomic E-state index is 14.1. The maximum atomic E-state index is 14.1. The van der Waals surface area contributed by atoms with Gasteiger partial charge in [-0.2, -0.15) is 0 Å². The summed E-state index contributed by atoms with van der Waals surface area (Å²) in [6.07, 6.45) is 1.03. The topological polar surface area (TPSA) is 12.5 Å². The molecule has 1 rings (SSSR count). The number of hydrogen-bond acceptors (Lipinski definition) is 2. The summed E-state index contributed by atoms with van der Waals surface area (Å²) in [4.78, 5) is 2.01. The van der Waals surface area contributed by atoms with Crippen LogP contribution in [0.2, 0.25) is 0 Å². The molecule has 2 nitrogen and oxygen atoms in total. The van der Waals surface area contributed by atoms with Gasteiger partial charge in [-0.1, -0.05) is 6.92 Å². The van der Waals surface area contributed by atoms with Gasteiger partial charge in [0.1, 0.15) is 0 Å². The number of hydrogen-bond donors (Lipinski definition) is 0. The van der Waals surface area contributed by atoms with Gasteiger partial charge in [0.15, 0.2) is 0 Å². The molecule has 0 aromatic rings. The van der Waals surface area contributed by atoms with E-state index in [2.05, 4.69) is 0 Å². The molecule has 0 bridgehead atoms. The molecular weight excluding hydrogens is 224 g/mol. The summed E-state index contributed by atoms with van der Waals surface area (Å²) in [5.41, 5.74) is -0.908. The lowest BCUT2D eigenvalue weighted by molar-refractivity contribution is -0.175. The van der Waals surface area contributed by atoms with E-state index >= 15 is 0 Å². The molecule has 0 amide bonds. The number of likely N-dealkylation sites (tertiary alicyclic amines) is 1. The van der Waals surface area contributed by atoms with Crippen molar-refractivity contribution in [1.29, 1.82) is 0 Å². The van der Waals surface area contributed by atoms with Crippen LogP contribution in [-0.4, -0.2) is 43.7 Å². The average molecular weight is 249 g/mol. The van der Waals surface area contributed by atoms with Gasteiger partial charge in [0, 0.05) is 31.5 Å². The van der Waals surface area contributed by atoms with Gasteiger partial charge in [0.05, 0.1) is 6.10 Å². The smallest absolute Gasteiger partial charge is 0.256 e. The zero-order valence-electron chi connectivity index (χ0n) is 11.4. The quantitative estimate of drug-likeness (QED) is 0.742. The van der Waals surface area contributed by atoms with Crippen molar-refractivity contribution in [2.75, 3.05) is 26.7 Å². The van der Waals surface area contributed by atoms with Crippen molar-refractivity contribution >= 4 is 0 Å². The summed E-state index contributed by atoms with van der Waals surface area (Å²) < 4.78 is 33.7. The van der Waals surface area contributed by atoms with Crippen LogP contribution in [0.25, 0.3) is 0 Å². The van der Waals surface area contributed by atoms with Crippen LogP contribution in [0.4, 0.5) is 8.78 Å². The highest BCUT2D eigenvalue weighted by Crippen LogP contribution is 2.48. The van der Waals surface area contributed by atoms with Gasteiger partial charge in [-0.25, -0.2) is 8.78 Å². The van der Waals surface area contributed by atoms with Crippen LogP contribution >= 0.6 is 0 Å². The SMILES string of the molecule is CCC1(CCOC(C)C)CN(C)CCC1(F)F. The van der Waals surface area contributed by atoms with Crippen molar-refractivity contribution in [1.82, 2.24) is 4.90 Å². The first-order valence-corrected chi connectivity index (χ1v) is 6.51. The van der Waals surface area contributed by atoms with Crippen LogP contribution in [-0.2, 0) is 4.74 Å². The van der Waals surface area contributed by atoms with Crippen molar-refractivity contribution in [3.05, 3.63) is 0 Å². The molecule has 1 fully saturated rings. The molecule has 102 valence electrons. The van der Waals surface area contributed by atoms with Gasteiger partial charge >= 0.3 is 0 Å². The predicted molar refractivity (Wildman–Crippen MR) is 65.5 cm³/mol. The molecule has 1 unspecified atom stereocenters. The summed E-state index contributed by atoms with van der Waals surface area (Å²) in [5, 5.41) is 0. The van der Waals surface area contributed by atoms with Crippen LogP contribution in [0.3, 0.4) is 0 Å². The van der Waals surface area contributed by atoms with E-state index in [0.717, 1.165) is 0 Å². The first kappa shape index (κ1) is 14.8. The molecular formula is C13H25F2NO. The third-order valence-electron chi connectivity index (χ3n) is 3.86. The minimum atomic E-state index is -2.56. The largest absolute Gasteiger partial charge is 0.379 e. The highest BCUT2D eigenvalue weighted by Gasteiger charge is 2.54. The second-order valence-corrected chi connectivity index (χ2v) is 5.50. The maximum Gasteiger partial charge on any atom is 0.256 e. The fourth-order valence-electron chi connectivity index (χ4n) is 2.61. The van der Waals surface area contributed by atoms with Crippen molar-refractivity contribution in [2.24, 2.45) is 5.41 Å². The van der Waals surface area contributed by atoms with E-state index in [4.69, 9.17) is 4.74 Å². The molecule has 0 aromatic heterocycles. The zero-order chi connectivity index (χ0) is 13.1. The Bertz CT molecular complexity index is 246. The van der Waals surface area contributed by atoms with Gasteiger partial charge in [-0.05, 0) is 33.7 Å². The minimum absolute atomic E-state index is 0.0288. The third-order valence-corrected chi connectivity index (χ3v) is 3.86. The van der Waals surface area contributed by atoms with Crippen molar-refractivity contribution < 1.29 is 13.5 Å². The van der Waals surface area contributed by atoms with Crippen LogP contribution in [0, 0.1) is 5.41 Å². The van der Waals surface area contributed by atoms with Crippen molar-refractivity contribution in [3.8, 4) is 0 Å². The van der Waals surface area contributed by atoms with Crippen LogP contribution in [0.1, 0.15) is 40.0 Å². The average Bonchev–Trinajstić information content (AvgIpc) is 2.23. The molecule has 4 heteroatoms. The number of ether oxygens (including phenoxy) is 1. The van der Waals surface area contributed by atoms with E-state index in [1.54, 1.807) is 0 Å². The number of rotatable bonds is 5. The Hall–Kier alpha value is -0.220. The van der Waals surface area contributed by atoms with E-state index in [1.807, 2.05) is 32.7 Å². The van der Waals surface area contributed by atoms with Crippen LogP contribution < -0.4 is 0 Å². The summed E-state index contributed by atoms with van der Waals surface area (Å²) in [7, 11) is 1.92. The van der Waals surface area contributed by atoms with Crippen LogP contribution in [0.15, 0.2) is 0 Å². The van der Waals surface area contributed by atoms with E-state index < -0.39 is 11.3 Å². The van der Waals surface area contributed by atoms with Crippen molar-refractivity contribution in [2.45, 2.75) is 52.1 Å². The molecule has 0 N–H and O–H groups in total. The minimum Gasteiger partial charge on any atom is -0.379 e. The Morgan fingerprint density at radius 1 is 1.35 bits per heavy atom. The van der Waals surface area contributed by atoms with E-state index in [9.17, 15) is 8.78 Å². The monoisotopic (exact) mass is 249 g/mol. The standard InChI is InChI=1S/C13H25F2NO/c1-5-12(7-9-17-11(2)3)10-16(4)8-6-13(12,14)15/h11H,5-10H2,1-4H3. The normalized spacial score (nSPS) is 29.8. The number of alkyl halides is 2. The Morgan fingerprint density at radius 3 is 2.53 bits per heavy atom. The molecule has 1 saturated heterocycles. The van der Waals surface area contributed by atoms with Crippen LogP contribution in [0.5, 0.6) is 0 Å². The molecule has 1 heterocycles. The molecule has 0 aliphatic carbocycles. The highest BCUT2D eigenvalue weighted by atomic mass is 19.3. The fraction of sp³-hybridized carbons (Fsp3) is 1.00. The first-order valence-electron chi connectivity index (χ1n) is 6.51.